The number of piperazine rings is 1. The van der Waals surface area contributed by atoms with E-state index >= 15 is 0 Å². The molecule has 136 valence electrons. The minimum atomic E-state index is 0.00780. The van der Waals surface area contributed by atoms with Crippen molar-refractivity contribution in [1.82, 2.24) is 14.9 Å². The second-order valence-electron chi connectivity index (χ2n) is 6.83. The van der Waals surface area contributed by atoms with E-state index in [4.69, 9.17) is 4.74 Å². The highest BCUT2D eigenvalue weighted by molar-refractivity contribution is 5.92. The van der Waals surface area contributed by atoms with Gasteiger partial charge in [0.15, 0.2) is 0 Å². The molecule has 1 amide bonds. The standard InChI is InChI=1S/C20H24N4O2/c25-20(19-14-18(21-15-22-19)16-6-12-26-13-7-16)24-10-8-23(9-11-24)17-4-2-1-3-5-17/h1-5,14-16H,6-13H2. The fraction of sp³-hybridized carbons (Fsp3) is 0.450. The zero-order valence-corrected chi connectivity index (χ0v) is 14.9. The number of anilines is 1. The Morgan fingerprint density at radius 2 is 1.73 bits per heavy atom. The van der Waals surface area contributed by atoms with Gasteiger partial charge in [0.25, 0.3) is 5.91 Å². The van der Waals surface area contributed by atoms with E-state index < -0.39 is 0 Å². The van der Waals surface area contributed by atoms with Crippen LogP contribution < -0.4 is 4.90 Å². The molecular formula is C20H24N4O2. The number of para-hydroxylation sites is 1. The Morgan fingerprint density at radius 1 is 1.00 bits per heavy atom. The van der Waals surface area contributed by atoms with Crippen molar-refractivity contribution in [3.63, 3.8) is 0 Å². The summed E-state index contributed by atoms with van der Waals surface area (Å²) in [5.74, 6) is 0.377. The molecule has 26 heavy (non-hydrogen) atoms. The van der Waals surface area contributed by atoms with Crippen molar-refractivity contribution in [2.45, 2.75) is 18.8 Å². The second kappa shape index (κ2) is 7.83. The number of carbonyl (C=O) groups excluding carboxylic acids is 1. The number of amides is 1. The Hall–Kier alpha value is -2.47. The third kappa shape index (κ3) is 3.70. The van der Waals surface area contributed by atoms with Gasteiger partial charge in [0.05, 0.1) is 0 Å². The molecule has 2 aromatic rings. The van der Waals surface area contributed by atoms with Crippen LogP contribution in [0.4, 0.5) is 5.69 Å². The summed E-state index contributed by atoms with van der Waals surface area (Å²) in [5, 5.41) is 0. The highest BCUT2D eigenvalue weighted by atomic mass is 16.5. The van der Waals surface area contributed by atoms with Crippen LogP contribution in [-0.2, 0) is 4.74 Å². The maximum absolute atomic E-state index is 12.9. The van der Waals surface area contributed by atoms with Gasteiger partial charge < -0.3 is 14.5 Å². The van der Waals surface area contributed by atoms with E-state index in [2.05, 4.69) is 27.0 Å². The van der Waals surface area contributed by atoms with Crippen LogP contribution in [0, 0.1) is 0 Å². The molecule has 6 nitrogen and oxygen atoms in total. The van der Waals surface area contributed by atoms with Crippen LogP contribution >= 0.6 is 0 Å². The first kappa shape index (κ1) is 17.0. The number of hydrogen-bond acceptors (Lipinski definition) is 5. The van der Waals surface area contributed by atoms with Crippen LogP contribution in [0.3, 0.4) is 0 Å². The molecule has 0 N–H and O–H groups in total. The van der Waals surface area contributed by atoms with E-state index in [1.54, 1.807) is 0 Å². The predicted molar refractivity (Wildman–Crippen MR) is 99.4 cm³/mol. The maximum atomic E-state index is 12.9. The Bertz CT molecular complexity index is 738. The molecule has 0 atom stereocenters. The average Bonchev–Trinajstić information content (AvgIpc) is 2.75. The van der Waals surface area contributed by atoms with Crippen LogP contribution in [0.15, 0.2) is 42.7 Å². The average molecular weight is 352 g/mol. The molecule has 2 aliphatic heterocycles. The number of benzene rings is 1. The molecule has 4 rings (SSSR count). The topological polar surface area (TPSA) is 58.6 Å². The van der Waals surface area contributed by atoms with Crippen LogP contribution in [-0.4, -0.2) is 60.2 Å². The minimum Gasteiger partial charge on any atom is -0.381 e. The summed E-state index contributed by atoms with van der Waals surface area (Å²) in [6.07, 6.45) is 3.44. The van der Waals surface area contributed by atoms with Crippen molar-refractivity contribution >= 4 is 11.6 Å². The number of hydrogen-bond donors (Lipinski definition) is 0. The fourth-order valence-electron chi connectivity index (χ4n) is 3.67. The third-order valence-electron chi connectivity index (χ3n) is 5.24. The number of ether oxygens (including phenoxy) is 1. The summed E-state index contributed by atoms with van der Waals surface area (Å²) in [7, 11) is 0. The van der Waals surface area contributed by atoms with Crippen LogP contribution in [0.5, 0.6) is 0 Å². The van der Waals surface area contributed by atoms with Crippen LogP contribution in [0.1, 0.15) is 34.9 Å². The van der Waals surface area contributed by atoms with Gasteiger partial charge in [-0.2, -0.15) is 0 Å². The van der Waals surface area contributed by atoms with E-state index in [0.717, 1.165) is 44.8 Å². The number of rotatable bonds is 3. The first-order chi connectivity index (χ1) is 12.8. The molecule has 0 bridgehead atoms. The van der Waals surface area contributed by atoms with Crippen molar-refractivity contribution in [2.75, 3.05) is 44.3 Å². The van der Waals surface area contributed by atoms with Crippen molar-refractivity contribution in [3.8, 4) is 0 Å². The monoisotopic (exact) mass is 352 g/mol. The number of carbonyl (C=O) groups is 1. The molecule has 6 heteroatoms. The first-order valence-corrected chi connectivity index (χ1v) is 9.30. The molecule has 0 radical (unpaired) electrons. The molecule has 3 heterocycles. The van der Waals surface area contributed by atoms with Gasteiger partial charge in [0.2, 0.25) is 0 Å². The summed E-state index contributed by atoms with van der Waals surface area (Å²) < 4.78 is 5.42. The molecule has 1 aromatic carbocycles. The Balaban J connectivity index is 1.40. The van der Waals surface area contributed by atoms with Gasteiger partial charge in [-0.15, -0.1) is 0 Å². The molecular weight excluding hydrogens is 328 g/mol. The van der Waals surface area contributed by atoms with Crippen molar-refractivity contribution in [3.05, 3.63) is 54.1 Å². The van der Waals surface area contributed by atoms with Gasteiger partial charge in [-0.25, -0.2) is 9.97 Å². The number of nitrogens with zero attached hydrogens (tertiary/aromatic N) is 4. The maximum Gasteiger partial charge on any atom is 0.272 e. The first-order valence-electron chi connectivity index (χ1n) is 9.30. The Kier molecular flexibility index (Phi) is 5.11. The Labute approximate surface area is 153 Å². The third-order valence-corrected chi connectivity index (χ3v) is 5.24. The molecule has 1 aromatic heterocycles. The van der Waals surface area contributed by atoms with Gasteiger partial charge in [0.1, 0.15) is 12.0 Å². The van der Waals surface area contributed by atoms with Gasteiger partial charge in [-0.1, -0.05) is 18.2 Å². The molecule has 0 saturated carbocycles. The second-order valence-corrected chi connectivity index (χ2v) is 6.83. The highest BCUT2D eigenvalue weighted by Crippen LogP contribution is 2.25. The molecule has 0 aliphatic carbocycles. The predicted octanol–water partition coefficient (Wildman–Crippen LogP) is 2.33. The molecule has 2 aliphatic rings. The normalized spacial score (nSPS) is 18.8. The lowest BCUT2D eigenvalue weighted by Crippen LogP contribution is -2.49. The smallest absolute Gasteiger partial charge is 0.272 e. The van der Waals surface area contributed by atoms with Crippen LogP contribution in [0.2, 0.25) is 0 Å². The summed E-state index contributed by atoms with van der Waals surface area (Å²) in [4.78, 5) is 25.7. The van der Waals surface area contributed by atoms with E-state index in [9.17, 15) is 4.79 Å². The minimum absolute atomic E-state index is 0.00780. The van der Waals surface area contributed by atoms with E-state index in [0.29, 0.717) is 24.7 Å². The van der Waals surface area contributed by atoms with Gasteiger partial charge in [-0.3, -0.25) is 4.79 Å². The Morgan fingerprint density at radius 3 is 2.46 bits per heavy atom. The van der Waals surface area contributed by atoms with Gasteiger partial charge >= 0.3 is 0 Å². The summed E-state index contributed by atoms with van der Waals surface area (Å²) in [6.45, 7) is 4.63. The lowest BCUT2D eigenvalue weighted by Gasteiger charge is -2.36. The van der Waals surface area contributed by atoms with Crippen molar-refractivity contribution in [1.29, 1.82) is 0 Å². The quantitative estimate of drug-likeness (QED) is 0.849. The fourth-order valence-corrected chi connectivity index (χ4v) is 3.67. The van der Waals surface area contributed by atoms with E-state index in [1.165, 1.54) is 12.0 Å². The zero-order chi connectivity index (χ0) is 17.8. The summed E-state index contributed by atoms with van der Waals surface area (Å²) >= 11 is 0. The van der Waals surface area contributed by atoms with E-state index in [1.807, 2.05) is 29.2 Å². The van der Waals surface area contributed by atoms with Crippen molar-refractivity contribution in [2.24, 2.45) is 0 Å². The van der Waals surface area contributed by atoms with Gasteiger partial charge in [-0.05, 0) is 31.0 Å². The van der Waals surface area contributed by atoms with Crippen molar-refractivity contribution < 1.29 is 9.53 Å². The summed E-state index contributed by atoms with van der Waals surface area (Å²) in [5.41, 5.74) is 2.69. The number of aromatic nitrogens is 2. The lowest BCUT2D eigenvalue weighted by molar-refractivity contribution is 0.0739. The summed E-state index contributed by atoms with van der Waals surface area (Å²) in [6, 6.07) is 12.2. The zero-order valence-electron chi connectivity index (χ0n) is 14.9. The largest absolute Gasteiger partial charge is 0.381 e. The SMILES string of the molecule is O=C(c1cc(C2CCOCC2)ncn1)N1CCN(c2ccccc2)CC1. The molecule has 0 spiro atoms. The van der Waals surface area contributed by atoms with Crippen LogP contribution in [0.25, 0.3) is 0 Å². The molecule has 2 fully saturated rings. The van der Waals surface area contributed by atoms with E-state index in [-0.39, 0.29) is 5.91 Å². The molecule has 2 saturated heterocycles. The molecule has 0 unspecified atom stereocenters. The van der Waals surface area contributed by atoms with Gasteiger partial charge in [0, 0.05) is 56.7 Å². The highest BCUT2D eigenvalue weighted by Gasteiger charge is 2.25. The lowest BCUT2D eigenvalue weighted by atomic mass is 9.96.